The van der Waals surface area contributed by atoms with E-state index in [1.54, 1.807) is 11.9 Å². The number of hydrogen-bond donors (Lipinski definition) is 1. The van der Waals surface area contributed by atoms with Gasteiger partial charge < -0.3 is 10.0 Å². The summed E-state index contributed by atoms with van der Waals surface area (Å²) in [5.74, 6) is -0.786. The Labute approximate surface area is 107 Å². The Bertz CT molecular complexity index is 400. The molecule has 0 aliphatic rings. The summed E-state index contributed by atoms with van der Waals surface area (Å²) >= 11 is 0. The lowest BCUT2D eigenvalue weighted by Gasteiger charge is -2.23. The van der Waals surface area contributed by atoms with Crippen LogP contribution < -0.4 is 0 Å². The molecule has 0 saturated heterocycles. The normalized spacial score (nSPS) is 11.9. The molecule has 0 spiro atoms. The lowest BCUT2D eigenvalue weighted by atomic mass is 10.0. The zero-order valence-corrected chi connectivity index (χ0v) is 10.8. The Morgan fingerprint density at radius 2 is 2.00 bits per heavy atom. The molecule has 0 aliphatic carbocycles. The van der Waals surface area contributed by atoms with Crippen LogP contribution in [0.4, 0.5) is 0 Å². The van der Waals surface area contributed by atoms with E-state index in [9.17, 15) is 9.59 Å². The number of carboxylic acids is 1. The predicted molar refractivity (Wildman–Crippen MR) is 69.3 cm³/mol. The third-order valence-corrected chi connectivity index (χ3v) is 3.04. The van der Waals surface area contributed by atoms with Crippen LogP contribution in [-0.2, 0) is 16.0 Å². The van der Waals surface area contributed by atoms with E-state index in [1.807, 2.05) is 31.2 Å². The molecule has 0 aromatic heterocycles. The molecule has 1 unspecified atom stereocenters. The number of aliphatic carboxylic acids is 1. The van der Waals surface area contributed by atoms with Gasteiger partial charge >= 0.3 is 5.97 Å². The van der Waals surface area contributed by atoms with E-state index in [2.05, 4.69) is 0 Å². The molecule has 0 fully saturated rings. The van der Waals surface area contributed by atoms with E-state index in [4.69, 9.17) is 5.11 Å². The van der Waals surface area contributed by atoms with E-state index >= 15 is 0 Å². The highest BCUT2D eigenvalue weighted by atomic mass is 16.4. The summed E-state index contributed by atoms with van der Waals surface area (Å²) in [5.41, 5.74) is 2.08. The molecule has 1 aromatic rings. The van der Waals surface area contributed by atoms with E-state index in [0.717, 1.165) is 24.0 Å². The molecule has 0 saturated carbocycles. The molecule has 0 aliphatic heterocycles. The van der Waals surface area contributed by atoms with Crippen molar-refractivity contribution in [3.63, 3.8) is 0 Å². The zero-order chi connectivity index (χ0) is 13.5. The van der Waals surface area contributed by atoms with Crippen molar-refractivity contribution in [1.82, 2.24) is 4.90 Å². The number of carboxylic acid groups (broad SMARTS) is 1. The Balaban J connectivity index is 2.74. The molecule has 98 valence electrons. The monoisotopic (exact) mass is 249 g/mol. The second-order valence-corrected chi connectivity index (χ2v) is 4.33. The van der Waals surface area contributed by atoms with Gasteiger partial charge in [-0.1, -0.05) is 31.2 Å². The standard InChI is InChI=1S/C14H19NO3/c1-3-13(15(2)10-16)12-7-4-11(5-8-12)6-9-14(17)18/h4-5,7-8,10,13H,3,6,9H2,1-2H3,(H,17,18). The minimum absolute atomic E-state index is 0.0797. The second-order valence-electron chi connectivity index (χ2n) is 4.33. The summed E-state index contributed by atoms with van der Waals surface area (Å²) in [6.45, 7) is 2.03. The van der Waals surface area contributed by atoms with Crippen LogP contribution in [0, 0.1) is 0 Å². The summed E-state index contributed by atoms with van der Waals surface area (Å²) in [4.78, 5) is 22.9. The van der Waals surface area contributed by atoms with Crippen LogP contribution in [0.5, 0.6) is 0 Å². The van der Waals surface area contributed by atoms with Crippen LogP contribution >= 0.6 is 0 Å². The largest absolute Gasteiger partial charge is 0.481 e. The summed E-state index contributed by atoms with van der Waals surface area (Å²) in [6, 6.07) is 7.87. The van der Waals surface area contributed by atoms with Crippen LogP contribution in [0.25, 0.3) is 0 Å². The third-order valence-electron chi connectivity index (χ3n) is 3.04. The summed E-state index contributed by atoms with van der Waals surface area (Å²) in [5, 5.41) is 8.61. The topological polar surface area (TPSA) is 57.6 Å². The van der Waals surface area contributed by atoms with Crippen molar-refractivity contribution >= 4 is 12.4 Å². The number of aryl methyl sites for hydroxylation is 1. The Kier molecular flexibility index (Phi) is 5.36. The lowest BCUT2D eigenvalue weighted by molar-refractivity contribution is -0.137. The summed E-state index contributed by atoms with van der Waals surface area (Å²) in [6.07, 6.45) is 2.36. The maximum Gasteiger partial charge on any atom is 0.303 e. The van der Waals surface area contributed by atoms with Crippen LogP contribution in [0.1, 0.15) is 36.9 Å². The first-order valence-corrected chi connectivity index (χ1v) is 6.06. The fourth-order valence-electron chi connectivity index (χ4n) is 1.99. The molecule has 1 atom stereocenters. The lowest BCUT2D eigenvalue weighted by Crippen LogP contribution is -2.22. The number of rotatable bonds is 7. The fourth-order valence-corrected chi connectivity index (χ4v) is 1.99. The number of carbonyl (C=O) groups excluding carboxylic acids is 1. The van der Waals surface area contributed by atoms with E-state index in [1.165, 1.54) is 0 Å². The maximum atomic E-state index is 10.8. The molecular weight excluding hydrogens is 230 g/mol. The van der Waals surface area contributed by atoms with Gasteiger partial charge in [-0.25, -0.2) is 0 Å². The third kappa shape index (κ3) is 3.87. The molecule has 1 rings (SSSR count). The number of nitrogens with zero attached hydrogens (tertiary/aromatic N) is 1. The van der Waals surface area contributed by atoms with Gasteiger partial charge in [-0.15, -0.1) is 0 Å². The molecule has 1 aromatic carbocycles. The Morgan fingerprint density at radius 3 is 2.44 bits per heavy atom. The van der Waals surface area contributed by atoms with Crippen molar-refractivity contribution in [2.45, 2.75) is 32.2 Å². The summed E-state index contributed by atoms with van der Waals surface area (Å²) in [7, 11) is 1.76. The predicted octanol–water partition coefficient (Wildman–Crippen LogP) is 2.24. The minimum atomic E-state index is -0.786. The van der Waals surface area contributed by atoms with Crippen molar-refractivity contribution < 1.29 is 14.7 Å². The van der Waals surface area contributed by atoms with Crippen molar-refractivity contribution in [2.24, 2.45) is 0 Å². The number of benzene rings is 1. The molecule has 1 N–H and O–H groups in total. The van der Waals surface area contributed by atoms with E-state index in [-0.39, 0.29) is 12.5 Å². The van der Waals surface area contributed by atoms with Gasteiger partial charge in [-0.2, -0.15) is 0 Å². The highest BCUT2D eigenvalue weighted by Gasteiger charge is 2.13. The molecule has 0 heterocycles. The first-order chi connectivity index (χ1) is 8.58. The molecule has 4 heteroatoms. The number of amides is 1. The summed E-state index contributed by atoms with van der Waals surface area (Å²) < 4.78 is 0. The van der Waals surface area contributed by atoms with Gasteiger partial charge in [0.1, 0.15) is 0 Å². The Morgan fingerprint density at radius 1 is 1.39 bits per heavy atom. The van der Waals surface area contributed by atoms with Crippen molar-refractivity contribution in [3.8, 4) is 0 Å². The van der Waals surface area contributed by atoms with Gasteiger partial charge in [0, 0.05) is 13.5 Å². The number of hydrogen-bond acceptors (Lipinski definition) is 2. The molecule has 0 radical (unpaired) electrons. The fraction of sp³-hybridized carbons (Fsp3) is 0.429. The molecule has 0 bridgehead atoms. The van der Waals surface area contributed by atoms with Crippen molar-refractivity contribution in [1.29, 1.82) is 0 Å². The smallest absolute Gasteiger partial charge is 0.303 e. The van der Waals surface area contributed by atoms with Gasteiger partial charge in [-0.05, 0) is 24.0 Å². The maximum absolute atomic E-state index is 10.8. The SMILES string of the molecule is CCC(c1ccc(CCC(=O)O)cc1)N(C)C=O. The van der Waals surface area contributed by atoms with Crippen molar-refractivity contribution in [3.05, 3.63) is 35.4 Å². The van der Waals surface area contributed by atoms with E-state index < -0.39 is 5.97 Å². The molecule has 18 heavy (non-hydrogen) atoms. The van der Waals surface area contributed by atoms with Crippen LogP contribution in [-0.4, -0.2) is 29.4 Å². The number of carbonyl (C=O) groups is 2. The average molecular weight is 249 g/mol. The van der Waals surface area contributed by atoms with Gasteiger partial charge in [0.25, 0.3) is 0 Å². The average Bonchev–Trinajstić information content (AvgIpc) is 2.38. The second kappa shape index (κ2) is 6.79. The molecule has 1 amide bonds. The first-order valence-electron chi connectivity index (χ1n) is 6.06. The van der Waals surface area contributed by atoms with Crippen LogP contribution in [0.15, 0.2) is 24.3 Å². The van der Waals surface area contributed by atoms with Crippen LogP contribution in [0.3, 0.4) is 0 Å². The first kappa shape index (κ1) is 14.2. The van der Waals surface area contributed by atoms with Gasteiger partial charge in [0.2, 0.25) is 6.41 Å². The highest BCUT2D eigenvalue weighted by molar-refractivity contribution is 5.67. The van der Waals surface area contributed by atoms with Crippen LogP contribution in [0.2, 0.25) is 0 Å². The van der Waals surface area contributed by atoms with Gasteiger partial charge in [-0.3, -0.25) is 9.59 Å². The highest BCUT2D eigenvalue weighted by Crippen LogP contribution is 2.22. The quantitative estimate of drug-likeness (QED) is 0.754. The Hall–Kier alpha value is -1.84. The minimum Gasteiger partial charge on any atom is -0.481 e. The molecule has 4 nitrogen and oxygen atoms in total. The van der Waals surface area contributed by atoms with E-state index in [0.29, 0.717) is 6.42 Å². The molecular formula is C14H19NO3. The van der Waals surface area contributed by atoms with Gasteiger partial charge in [0.15, 0.2) is 0 Å². The van der Waals surface area contributed by atoms with Gasteiger partial charge in [0.05, 0.1) is 6.04 Å². The zero-order valence-electron chi connectivity index (χ0n) is 10.8. The van der Waals surface area contributed by atoms with Crippen molar-refractivity contribution in [2.75, 3.05) is 7.05 Å².